The Morgan fingerprint density at radius 3 is 2.62 bits per heavy atom. The van der Waals surface area contributed by atoms with E-state index in [1.165, 1.54) is 13.3 Å². The van der Waals surface area contributed by atoms with Crippen LogP contribution in [-0.2, 0) is 14.8 Å². The topological polar surface area (TPSA) is 119 Å². The Morgan fingerprint density at radius 1 is 1.25 bits per heavy atom. The van der Waals surface area contributed by atoms with Crippen LogP contribution >= 0.6 is 11.3 Å². The van der Waals surface area contributed by atoms with Crippen LogP contribution in [0.25, 0.3) is 0 Å². The molecule has 1 aromatic heterocycles. The van der Waals surface area contributed by atoms with Crippen molar-refractivity contribution in [2.45, 2.75) is 49.4 Å². The summed E-state index contributed by atoms with van der Waals surface area (Å²) in [5.74, 6) is -0.328. The molecule has 1 saturated heterocycles. The van der Waals surface area contributed by atoms with Crippen molar-refractivity contribution in [3.63, 3.8) is 0 Å². The number of sulfonamides is 1. The fourth-order valence-corrected chi connectivity index (χ4v) is 5.58. The minimum Gasteiger partial charge on any atom is -0.337 e. The highest BCUT2D eigenvalue weighted by Gasteiger charge is 2.40. The Hall–Kier alpha value is -1.75. The first kappa shape index (κ1) is 17.1. The van der Waals surface area contributed by atoms with Crippen molar-refractivity contribution in [1.29, 1.82) is 5.41 Å². The van der Waals surface area contributed by atoms with Gasteiger partial charge >= 0.3 is 0 Å². The first-order valence-corrected chi connectivity index (χ1v) is 10.1. The van der Waals surface area contributed by atoms with Crippen LogP contribution in [0.1, 0.15) is 39.0 Å². The molecular weight excluding hydrogens is 352 g/mol. The normalized spacial score (nSPS) is 19.8. The minimum absolute atomic E-state index is 0.0122. The van der Waals surface area contributed by atoms with Gasteiger partial charge in [-0.1, -0.05) is 30.6 Å². The van der Waals surface area contributed by atoms with Crippen LogP contribution < -0.4 is 5.32 Å². The van der Waals surface area contributed by atoms with Gasteiger partial charge in [-0.2, -0.15) is 8.42 Å². The van der Waals surface area contributed by atoms with Gasteiger partial charge in [0.2, 0.25) is 17.0 Å². The number of nitrogens with one attached hydrogen (secondary N) is 2. The average molecular weight is 372 g/mol. The van der Waals surface area contributed by atoms with Gasteiger partial charge < -0.3 is 10.2 Å². The van der Waals surface area contributed by atoms with Crippen LogP contribution in [0.15, 0.2) is 4.34 Å². The molecule has 3 rings (SSSR count). The Bertz CT molecular complexity index is 741. The predicted octanol–water partition coefficient (Wildman–Crippen LogP) is 1.07. The van der Waals surface area contributed by atoms with Gasteiger partial charge in [0.15, 0.2) is 0 Å². The lowest BCUT2D eigenvalue weighted by molar-refractivity contribution is -0.114. The molecule has 2 aliphatic rings. The summed E-state index contributed by atoms with van der Waals surface area (Å²) < 4.78 is 26.3. The van der Waals surface area contributed by atoms with Crippen LogP contribution in [0.4, 0.5) is 5.13 Å². The fourth-order valence-electron chi connectivity index (χ4n) is 3.15. The standard InChI is InChI=1S/C13H20N6O3S2/c1-9(20)15-12-16-17-13(23-12)24(21,22)19-8-7-18(11(19)14)10-5-3-2-4-6-10/h10,14H,2-8H2,1H3,(H,15,16,20). The molecule has 0 radical (unpaired) electrons. The molecule has 1 aromatic rings. The number of rotatable bonds is 4. The number of hydrogen-bond donors (Lipinski definition) is 2. The smallest absolute Gasteiger partial charge is 0.296 e. The maximum atomic E-state index is 12.7. The third-order valence-corrected chi connectivity index (χ3v) is 7.24. The molecule has 0 unspecified atom stereocenters. The monoisotopic (exact) mass is 372 g/mol. The molecule has 2 heterocycles. The summed E-state index contributed by atoms with van der Waals surface area (Å²) in [6.07, 6.45) is 5.45. The quantitative estimate of drug-likeness (QED) is 0.763. The van der Waals surface area contributed by atoms with E-state index in [4.69, 9.17) is 5.41 Å². The largest absolute Gasteiger partial charge is 0.337 e. The van der Waals surface area contributed by atoms with E-state index < -0.39 is 10.0 Å². The highest BCUT2D eigenvalue weighted by molar-refractivity contribution is 7.91. The zero-order valence-electron chi connectivity index (χ0n) is 13.4. The van der Waals surface area contributed by atoms with Gasteiger partial charge in [-0.25, -0.2) is 4.31 Å². The van der Waals surface area contributed by atoms with Gasteiger partial charge in [0, 0.05) is 19.5 Å². The zero-order valence-corrected chi connectivity index (χ0v) is 15.0. The molecule has 9 nitrogen and oxygen atoms in total. The Kier molecular flexibility index (Phi) is 4.72. The zero-order chi connectivity index (χ0) is 17.3. The molecule has 0 bridgehead atoms. The molecule has 0 aromatic carbocycles. The molecule has 2 N–H and O–H groups in total. The van der Waals surface area contributed by atoms with Crippen molar-refractivity contribution in [1.82, 2.24) is 19.4 Å². The number of amides is 1. The van der Waals surface area contributed by atoms with Crippen LogP contribution in [0.2, 0.25) is 0 Å². The summed E-state index contributed by atoms with van der Waals surface area (Å²) in [6.45, 7) is 2.08. The van der Waals surface area contributed by atoms with Gasteiger partial charge in [0.05, 0.1) is 6.54 Å². The Labute approximate surface area is 144 Å². The van der Waals surface area contributed by atoms with Crippen molar-refractivity contribution >= 4 is 38.4 Å². The summed E-state index contributed by atoms with van der Waals surface area (Å²) in [7, 11) is -3.91. The van der Waals surface area contributed by atoms with Crippen molar-refractivity contribution in [3.05, 3.63) is 0 Å². The van der Waals surface area contributed by atoms with E-state index in [-0.39, 0.29) is 33.9 Å². The first-order valence-electron chi connectivity index (χ1n) is 7.88. The summed E-state index contributed by atoms with van der Waals surface area (Å²) in [4.78, 5) is 12.9. The third kappa shape index (κ3) is 3.22. The van der Waals surface area contributed by atoms with E-state index >= 15 is 0 Å². The number of aromatic nitrogens is 2. The Morgan fingerprint density at radius 2 is 1.96 bits per heavy atom. The molecule has 1 amide bonds. The minimum atomic E-state index is -3.91. The molecule has 11 heteroatoms. The maximum Gasteiger partial charge on any atom is 0.296 e. The van der Waals surface area contributed by atoms with Crippen LogP contribution in [0, 0.1) is 5.41 Å². The number of guanidine groups is 1. The average Bonchev–Trinajstić information content (AvgIpc) is 3.15. The summed E-state index contributed by atoms with van der Waals surface area (Å²) in [5.41, 5.74) is 0. The highest BCUT2D eigenvalue weighted by atomic mass is 32.2. The molecule has 1 aliphatic carbocycles. The number of anilines is 1. The van der Waals surface area contributed by atoms with Crippen LogP contribution in [0.5, 0.6) is 0 Å². The second kappa shape index (κ2) is 6.63. The number of carbonyl (C=O) groups excluding carboxylic acids is 1. The van der Waals surface area contributed by atoms with E-state index in [2.05, 4.69) is 15.5 Å². The lowest BCUT2D eigenvalue weighted by Crippen LogP contribution is -2.42. The molecule has 0 atom stereocenters. The maximum absolute atomic E-state index is 12.7. The van der Waals surface area contributed by atoms with E-state index in [1.807, 2.05) is 4.90 Å². The molecule has 24 heavy (non-hydrogen) atoms. The first-order chi connectivity index (χ1) is 11.4. The third-order valence-electron chi connectivity index (χ3n) is 4.27. The SMILES string of the molecule is CC(=O)Nc1nnc(S(=O)(=O)N2CCN(C3CCCCC3)C2=N)s1. The summed E-state index contributed by atoms with van der Waals surface area (Å²) in [5, 5.41) is 18.2. The summed E-state index contributed by atoms with van der Waals surface area (Å²) in [6, 6.07) is 0.246. The predicted molar refractivity (Wildman–Crippen MR) is 89.4 cm³/mol. The van der Waals surface area contributed by atoms with Crippen LogP contribution in [0.3, 0.4) is 0 Å². The number of nitrogens with zero attached hydrogens (tertiary/aromatic N) is 4. The van der Waals surface area contributed by atoms with E-state index in [1.54, 1.807) is 0 Å². The van der Waals surface area contributed by atoms with Crippen molar-refractivity contribution in [2.24, 2.45) is 0 Å². The second-order valence-electron chi connectivity index (χ2n) is 5.94. The molecule has 1 saturated carbocycles. The van der Waals surface area contributed by atoms with E-state index in [0.29, 0.717) is 6.54 Å². The lowest BCUT2D eigenvalue weighted by Gasteiger charge is -2.32. The second-order valence-corrected chi connectivity index (χ2v) is 8.95. The van der Waals surface area contributed by atoms with Gasteiger partial charge in [-0.15, -0.1) is 10.2 Å². The molecule has 2 fully saturated rings. The molecule has 132 valence electrons. The van der Waals surface area contributed by atoms with Crippen molar-refractivity contribution < 1.29 is 13.2 Å². The van der Waals surface area contributed by atoms with Gasteiger partial charge in [-0.05, 0) is 12.8 Å². The Balaban J connectivity index is 1.76. The highest BCUT2D eigenvalue weighted by Crippen LogP contribution is 2.29. The fraction of sp³-hybridized carbons (Fsp3) is 0.692. The molecule has 1 aliphatic heterocycles. The lowest BCUT2D eigenvalue weighted by atomic mass is 9.94. The van der Waals surface area contributed by atoms with Crippen molar-refractivity contribution in [2.75, 3.05) is 18.4 Å². The number of hydrogen-bond acceptors (Lipinski definition) is 7. The number of carbonyl (C=O) groups is 1. The molecule has 0 spiro atoms. The van der Waals surface area contributed by atoms with E-state index in [9.17, 15) is 13.2 Å². The van der Waals surface area contributed by atoms with Crippen molar-refractivity contribution in [3.8, 4) is 0 Å². The van der Waals surface area contributed by atoms with Gasteiger partial charge in [-0.3, -0.25) is 10.2 Å². The molecular formula is C13H20N6O3S2. The summed E-state index contributed by atoms with van der Waals surface area (Å²) >= 11 is 0.795. The van der Waals surface area contributed by atoms with Gasteiger partial charge in [0.1, 0.15) is 0 Å². The van der Waals surface area contributed by atoms with E-state index in [0.717, 1.165) is 41.3 Å². The van der Waals surface area contributed by atoms with Gasteiger partial charge in [0.25, 0.3) is 14.4 Å². The van der Waals surface area contributed by atoms with Crippen LogP contribution in [-0.4, -0.2) is 58.8 Å².